The maximum atomic E-state index is 11.9. The molecular weight excluding hydrogens is 308 g/mol. The highest BCUT2D eigenvalue weighted by atomic mass is 16.5. The Hall–Kier alpha value is -2.26. The maximum Gasteiger partial charge on any atom is 0.307 e. The molecule has 0 spiro atoms. The van der Waals surface area contributed by atoms with Crippen LogP contribution in [0.15, 0.2) is 12.1 Å². The first-order valence-corrected chi connectivity index (χ1v) is 8.07. The molecule has 0 N–H and O–H groups in total. The predicted octanol–water partition coefficient (Wildman–Crippen LogP) is 2.47. The molecule has 0 saturated carbocycles. The van der Waals surface area contributed by atoms with Gasteiger partial charge in [-0.15, -0.1) is 0 Å². The third-order valence-electron chi connectivity index (χ3n) is 4.44. The Morgan fingerprint density at radius 1 is 1.29 bits per heavy atom. The standard InChI is InChI=1S/C18H24N2O4/c1-22-16-10-13-6-9-20(8-5-4-7-19)15(12-18(21)24-3)14(13)11-17(16)23-2/h10-11,15H,4-6,8-9,12H2,1-3H3/t15-/m1/s1. The minimum atomic E-state index is -0.243. The van der Waals surface area contributed by atoms with Crippen LogP contribution in [-0.4, -0.2) is 45.3 Å². The zero-order chi connectivity index (χ0) is 17.5. The minimum absolute atomic E-state index is 0.0697. The molecule has 0 unspecified atom stereocenters. The van der Waals surface area contributed by atoms with E-state index in [0.717, 1.165) is 37.1 Å². The zero-order valence-electron chi connectivity index (χ0n) is 14.5. The van der Waals surface area contributed by atoms with Crippen molar-refractivity contribution in [2.24, 2.45) is 0 Å². The van der Waals surface area contributed by atoms with E-state index in [-0.39, 0.29) is 18.4 Å². The van der Waals surface area contributed by atoms with Crippen LogP contribution in [0.4, 0.5) is 0 Å². The number of unbranched alkanes of at least 4 members (excludes halogenated alkanes) is 1. The van der Waals surface area contributed by atoms with Gasteiger partial charge in [-0.2, -0.15) is 5.26 Å². The SMILES string of the molecule is COC(=O)C[C@@H]1c2cc(OC)c(OC)cc2CCN1CCCC#N. The van der Waals surface area contributed by atoms with Gasteiger partial charge in [0.05, 0.1) is 33.8 Å². The molecule has 1 aliphatic rings. The van der Waals surface area contributed by atoms with E-state index in [1.807, 2.05) is 12.1 Å². The normalized spacial score (nSPS) is 16.8. The number of nitrogens with zero attached hydrogens (tertiary/aromatic N) is 2. The molecule has 1 aromatic rings. The van der Waals surface area contributed by atoms with Crippen molar-refractivity contribution in [3.05, 3.63) is 23.3 Å². The van der Waals surface area contributed by atoms with Crippen molar-refractivity contribution in [2.45, 2.75) is 31.7 Å². The van der Waals surface area contributed by atoms with Gasteiger partial charge in [0, 0.05) is 19.0 Å². The lowest BCUT2D eigenvalue weighted by molar-refractivity contribution is -0.142. The summed E-state index contributed by atoms with van der Waals surface area (Å²) in [6.07, 6.45) is 2.46. The first kappa shape index (κ1) is 18.1. The van der Waals surface area contributed by atoms with Crippen molar-refractivity contribution in [1.82, 2.24) is 4.90 Å². The number of carbonyl (C=O) groups is 1. The fraction of sp³-hybridized carbons (Fsp3) is 0.556. The van der Waals surface area contributed by atoms with Crippen LogP contribution < -0.4 is 9.47 Å². The lowest BCUT2D eigenvalue weighted by atomic mass is 9.89. The summed E-state index contributed by atoms with van der Waals surface area (Å²) in [5.74, 6) is 1.11. The largest absolute Gasteiger partial charge is 0.493 e. The molecule has 0 radical (unpaired) electrons. The van der Waals surface area contributed by atoms with Gasteiger partial charge in [-0.1, -0.05) is 0 Å². The van der Waals surface area contributed by atoms with Crippen LogP contribution in [0.1, 0.15) is 36.4 Å². The lowest BCUT2D eigenvalue weighted by Gasteiger charge is -2.37. The Morgan fingerprint density at radius 3 is 2.62 bits per heavy atom. The summed E-state index contributed by atoms with van der Waals surface area (Å²) < 4.78 is 15.7. The Labute approximate surface area is 142 Å². The van der Waals surface area contributed by atoms with Gasteiger partial charge in [0.1, 0.15) is 0 Å². The summed E-state index contributed by atoms with van der Waals surface area (Å²) >= 11 is 0. The zero-order valence-corrected chi connectivity index (χ0v) is 14.5. The average Bonchev–Trinajstić information content (AvgIpc) is 2.62. The second-order valence-electron chi connectivity index (χ2n) is 5.75. The van der Waals surface area contributed by atoms with E-state index >= 15 is 0 Å². The van der Waals surface area contributed by atoms with E-state index in [4.69, 9.17) is 19.5 Å². The van der Waals surface area contributed by atoms with Crippen LogP contribution in [0, 0.1) is 11.3 Å². The van der Waals surface area contributed by atoms with Crippen LogP contribution in [0.2, 0.25) is 0 Å². The van der Waals surface area contributed by atoms with E-state index in [2.05, 4.69) is 11.0 Å². The number of nitriles is 1. The summed E-state index contributed by atoms with van der Waals surface area (Å²) in [4.78, 5) is 14.1. The van der Waals surface area contributed by atoms with E-state index in [1.165, 1.54) is 7.11 Å². The first-order chi connectivity index (χ1) is 11.6. The average molecular weight is 332 g/mol. The van der Waals surface area contributed by atoms with Gasteiger partial charge in [-0.3, -0.25) is 9.69 Å². The molecule has 1 aromatic carbocycles. The Balaban J connectivity index is 2.34. The molecule has 0 saturated heterocycles. The van der Waals surface area contributed by atoms with Gasteiger partial charge in [-0.25, -0.2) is 0 Å². The fourth-order valence-electron chi connectivity index (χ4n) is 3.19. The highest BCUT2D eigenvalue weighted by molar-refractivity contribution is 5.70. The predicted molar refractivity (Wildman–Crippen MR) is 89.0 cm³/mol. The Bertz CT molecular complexity index is 624. The number of carbonyl (C=O) groups excluding carboxylic acids is 1. The first-order valence-electron chi connectivity index (χ1n) is 8.07. The van der Waals surface area contributed by atoms with Crippen LogP contribution in [0.25, 0.3) is 0 Å². The number of rotatable bonds is 7. The molecule has 130 valence electrons. The molecule has 0 fully saturated rings. The molecule has 24 heavy (non-hydrogen) atoms. The molecule has 1 atom stereocenters. The number of ether oxygens (including phenoxy) is 3. The van der Waals surface area contributed by atoms with E-state index in [9.17, 15) is 4.79 Å². The number of esters is 1. The van der Waals surface area contributed by atoms with Gasteiger partial charge in [0.15, 0.2) is 11.5 Å². The fourth-order valence-corrected chi connectivity index (χ4v) is 3.19. The molecule has 0 bridgehead atoms. The van der Waals surface area contributed by atoms with Gasteiger partial charge >= 0.3 is 5.97 Å². The second-order valence-corrected chi connectivity index (χ2v) is 5.75. The molecular formula is C18H24N2O4. The highest BCUT2D eigenvalue weighted by Gasteiger charge is 2.30. The highest BCUT2D eigenvalue weighted by Crippen LogP contribution is 2.39. The van der Waals surface area contributed by atoms with E-state index in [0.29, 0.717) is 17.9 Å². The quantitative estimate of drug-likeness (QED) is 0.564. The molecule has 0 aromatic heterocycles. The van der Waals surface area contributed by atoms with Gasteiger partial charge < -0.3 is 14.2 Å². The number of hydrogen-bond donors (Lipinski definition) is 0. The van der Waals surface area contributed by atoms with Crippen LogP contribution in [-0.2, 0) is 16.0 Å². The number of hydrogen-bond acceptors (Lipinski definition) is 6. The van der Waals surface area contributed by atoms with Crippen LogP contribution >= 0.6 is 0 Å². The van der Waals surface area contributed by atoms with Crippen molar-refractivity contribution < 1.29 is 19.0 Å². The van der Waals surface area contributed by atoms with Crippen molar-refractivity contribution in [2.75, 3.05) is 34.4 Å². The van der Waals surface area contributed by atoms with Crippen molar-refractivity contribution in [3.63, 3.8) is 0 Å². The number of benzene rings is 1. The lowest BCUT2D eigenvalue weighted by Crippen LogP contribution is -2.37. The summed E-state index contributed by atoms with van der Waals surface area (Å²) in [5.41, 5.74) is 2.24. The van der Waals surface area contributed by atoms with Gasteiger partial charge in [0.25, 0.3) is 0 Å². The third-order valence-corrected chi connectivity index (χ3v) is 4.44. The van der Waals surface area contributed by atoms with Gasteiger partial charge in [0.2, 0.25) is 0 Å². The molecule has 1 aliphatic heterocycles. The smallest absolute Gasteiger partial charge is 0.307 e. The molecule has 6 nitrogen and oxygen atoms in total. The molecule has 0 amide bonds. The van der Waals surface area contributed by atoms with E-state index < -0.39 is 0 Å². The monoisotopic (exact) mass is 332 g/mol. The summed E-state index contributed by atoms with van der Waals surface area (Å²) in [6, 6.07) is 6.05. The maximum absolute atomic E-state index is 11.9. The Morgan fingerprint density at radius 2 is 2.00 bits per heavy atom. The van der Waals surface area contributed by atoms with E-state index in [1.54, 1.807) is 14.2 Å². The van der Waals surface area contributed by atoms with Gasteiger partial charge in [-0.05, 0) is 42.6 Å². The Kier molecular flexibility index (Phi) is 6.44. The van der Waals surface area contributed by atoms with Crippen molar-refractivity contribution in [1.29, 1.82) is 5.26 Å². The topological polar surface area (TPSA) is 71.8 Å². The summed E-state index contributed by atoms with van der Waals surface area (Å²) in [7, 11) is 4.63. The number of fused-ring (bicyclic) bond motifs is 1. The summed E-state index contributed by atoms with van der Waals surface area (Å²) in [6.45, 7) is 1.62. The third kappa shape index (κ3) is 3.98. The molecule has 6 heteroatoms. The molecule has 0 aliphatic carbocycles. The second kappa shape index (κ2) is 8.55. The van der Waals surface area contributed by atoms with Crippen LogP contribution in [0.3, 0.4) is 0 Å². The molecule has 2 rings (SSSR count). The summed E-state index contributed by atoms with van der Waals surface area (Å²) in [5, 5.41) is 8.76. The minimum Gasteiger partial charge on any atom is -0.493 e. The van der Waals surface area contributed by atoms with Crippen molar-refractivity contribution >= 4 is 5.97 Å². The molecule has 1 heterocycles. The van der Waals surface area contributed by atoms with Crippen LogP contribution in [0.5, 0.6) is 11.5 Å². The number of methoxy groups -OCH3 is 3. The van der Waals surface area contributed by atoms with Crippen molar-refractivity contribution in [3.8, 4) is 17.6 Å².